The Morgan fingerprint density at radius 3 is 2.67 bits per heavy atom. The Kier molecular flexibility index (Phi) is 6.82. The second kappa shape index (κ2) is 9.28. The van der Waals surface area contributed by atoms with Crippen molar-refractivity contribution < 1.29 is 18.7 Å². The van der Waals surface area contributed by atoms with Crippen LogP contribution in [0.4, 0.5) is 10.2 Å². The zero-order valence-corrected chi connectivity index (χ0v) is 15.2. The highest BCUT2D eigenvalue weighted by atomic mass is 19.1. The lowest BCUT2D eigenvalue weighted by atomic mass is 10.1. The van der Waals surface area contributed by atoms with E-state index in [-0.39, 0.29) is 23.9 Å². The van der Waals surface area contributed by atoms with Crippen molar-refractivity contribution in [1.82, 2.24) is 9.97 Å². The largest absolute Gasteiger partial charge is 0.497 e. The van der Waals surface area contributed by atoms with Crippen LogP contribution in [-0.4, -0.2) is 30.1 Å². The first-order valence-corrected chi connectivity index (χ1v) is 7.98. The van der Waals surface area contributed by atoms with Crippen LogP contribution >= 0.6 is 0 Å². The second-order valence-electron chi connectivity index (χ2n) is 5.46. The van der Waals surface area contributed by atoms with Gasteiger partial charge < -0.3 is 14.8 Å². The molecule has 1 aromatic heterocycles. The van der Waals surface area contributed by atoms with E-state index in [1.165, 1.54) is 19.5 Å². The summed E-state index contributed by atoms with van der Waals surface area (Å²) >= 11 is 0. The Morgan fingerprint density at radius 2 is 2.00 bits per heavy atom. The van der Waals surface area contributed by atoms with Gasteiger partial charge in [-0.25, -0.2) is 14.4 Å². The third-order valence-corrected chi connectivity index (χ3v) is 3.60. The molecule has 0 fully saturated rings. The van der Waals surface area contributed by atoms with E-state index in [0.717, 1.165) is 11.6 Å². The molecule has 0 aliphatic heterocycles. The van der Waals surface area contributed by atoms with Crippen LogP contribution in [0.15, 0.2) is 67.5 Å². The summed E-state index contributed by atoms with van der Waals surface area (Å²) in [5.74, 6) is 0.135. The monoisotopic (exact) mass is 369 g/mol. The number of nitrogens with one attached hydrogen (secondary N) is 1. The molecule has 0 saturated carbocycles. The van der Waals surface area contributed by atoms with Crippen LogP contribution in [0, 0.1) is 0 Å². The van der Waals surface area contributed by atoms with Crippen LogP contribution in [0.3, 0.4) is 0 Å². The molecule has 0 radical (unpaired) electrons. The van der Waals surface area contributed by atoms with Gasteiger partial charge in [-0.1, -0.05) is 31.4 Å². The maximum Gasteiger partial charge on any atom is 0.230 e. The van der Waals surface area contributed by atoms with Crippen LogP contribution in [-0.2, 0) is 16.0 Å². The first kappa shape index (κ1) is 19.8. The Balaban J connectivity index is 2.20. The van der Waals surface area contributed by atoms with Gasteiger partial charge in [-0.15, -0.1) is 0 Å². The Bertz CT molecular complexity index is 894. The molecular weight excluding hydrogens is 349 g/mol. The van der Waals surface area contributed by atoms with Gasteiger partial charge in [0.25, 0.3) is 0 Å². The molecule has 7 heteroatoms. The number of carbonyl (C=O) groups excluding carboxylic acids is 1. The van der Waals surface area contributed by atoms with Gasteiger partial charge in [0.15, 0.2) is 0 Å². The van der Waals surface area contributed by atoms with Gasteiger partial charge in [0.1, 0.15) is 29.5 Å². The smallest absolute Gasteiger partial charge is 0.230 e. The molecule has 0 spiro atoms. The van der Waals surface area contributed by atoms with Crippen LogP contribution in [0.5, 0.6) is 5.75 Å². The van der Waals surface area contributed by atoms with Gasteiger partial charge in [-0.05, 0) is 12.1 Å². The lowest BCUT2D eigenvalue weighted by molar-refractivity contribution is -0.115. The molecule has 1 aromatic carbocycles. The van der Waals surface area contributed by atoms with E-state index in [2.05, 4.69) is 28.4 Å². The summed E-state index contributed by atoms with van der Waals surface area (Å²) in [6, 6.07) is 8.74. The van der Waals surface area contributed by atoms with Crippen molar-refractivity contribution in [2.45, 2.75) is 6.42 Å². The summed E-state index contributed by atoms with van der Waals surface area (Å²) in [5.41, 5.74) is 1.38. The van der Waals surface area contributed by atoms with Crippen LogP contribution in [0.2, 0.25) is 0 Å². The highest BCUT2D eigenvalue weighted by molar-refractivity contribution is 5.92. The number of aromatic nitrogens is 2. The quantitative estimate of drug-likeness (QED) is 0.567. The van der Waals surface area contributed by atoms with E-state index < -0.39 is 5.83 Å². The summed E-state index contributed by atoms with van der Waals surface area (Å²) in [6.07, 6.45) is 2.51. The van der Waals surface area contributed by atoms with E-state index in [4.69, 9.17) is 9.47 Å². The second-order valence-corrected chi connectivity index (χ2v) is 5.46. The number of nitrogens with zero attached hydrogens (tertiary/aromatic N) is 2. The van der Waals surface area contributed by atoms with E-state index in [1.54, 1.807) is 19.2 Å². The van der Waals surface area contributed by atoms with Gasteiger partial charge in [-0.2, -0.15) is 0 Å². The molecule has 1 amide bonds. The van der Waals surface area contributed by atoms with Gasteiger partial charge in [0.2, 0.25) is 5.91 Å². The number of anilines is 1. The number of ether oxygens (including phenoxy) is 2. The zero-order chi connectivity index (χ0) is 19.8. The molecule has 1 N–H and O–H groups in total. The van der Waals surface area contributed by atoms with Crippen molar-refractivity contribution in [3.05, 3.63) is 78.7 Å². The number of rotatable bonds is 8. The predicted molar refractivity (Wildman–Crippen MR) is 102 cm³/mol. The van der Waals surface area contributed by atoms with Gasteiger partial charge >= 0.3 is 0 Å². The highest BCUT2D eigenvalue weighted by Gasteiger charge is 2.13. The van der Waals surface area contributed by atoms with E-state index >= 15 is 0 Å². The minimum absolute atomic E-state index is 0.109. The Labute approximate surface area is 157 Å². The first-order chi connectivity index (χ1) is 12.9. The Hall–Kier alpha value is -3.48. The molecule has 0 unspecified atom stereocenters. The van der Waals surface area contributed by atoms with Crippen molar-refractivity contribution in [3.8, 4) is 5.75 Å². The number of amides is 1. The minimum atomic E-state index is -0.677. The number of hydrogen-bond acceptors (Lipinski definition) is 5. The lowest BCUT2D eigenvalue weighted by Crippen LogP contribution is -2.16. The third kappa shape index (κ3) is 5.50. The fourth-order valence-corrected chi connectivity index (χ4v) is 2.35. The van der Waals surface area contributed by atoms with Crippen LogP contribution < -0.4 is 10.1 Å². The molecule has 6 nitrogen and oxygen atoms in total. The average molecular weight is 369 g/mol. The standard InChI is InChI=1S/C20H20FN3O3/c1-13(21)9-16(14(2)26-3)17-11-19(23-12-22-17)24-20(25)10-15-7-5-6-8-18(15)27-4/h5-9,11-12H,1-2,10H2,3-4H3,(H,22,23,24,25)/b16-9+. The summed E-state index contributed by atoms with van der Waals surface area (Å²) in [7, 11) is 2.96. The maximum absolute atomic E-state index is 13.3. The normalized spacial score (nSPS) is 10.9. The van der Waals surface area contributed by atoms with E-state index in [1.807, 2.05) is 12.1 Å². The number of para-hydroxylation sites is 1. The number of methoxy groups -OCH3 is 2. The SMILES string of the molecule is C=C(F)/C=C(\C(=C)OC)c1cc(NC(=O)Cc2ccccc2OC)ncn1. The molecule has 2 aromatic rings. The maximum atomic E-state index is 13.3. The van der Waals surface area contributed by atoms with E-state index in [0.29, 0.717) is 17.0 Å². The molecular formula is C20H20FN3O3. The van der Waals surface area contributed by atoms with Crippen molar-refractivity contribution in [3.63, 3.8) is 0 Å². The average Bonchev–Trinajstić information content (AvgIpc) is 2.66. The van der Waals surface area contributed by atoms with Crippen LogP contribution in [0.1, 0.15) is 11.3 Å². The number of halogens is 1. The molecule has 0 atom stereocenters. The van der Waals surface area contributed by atoms with Crippen molar-refractivity contribution in [2.75, 3.05) is 19.5 Å². The molecule has 1 heterocycles. The summed E-state index contributed by atoms with van der Waals surface area (Å²) in [6.45, 7) is 6.91. The molecule has 0 aliphatic carbocycles. The number of carbonyl (C=O) groups is 1. The van der Waals surface area contributed by atoms with Crippen molar-refractivity contribution >= 4 is 17.3 Å². The first-order valence-electron chi connectivity index (χ1n) is 7.98. The number of allylic oxidation sites excluding steroid dienone is 3. The third-order valence-electron chi connectivity index (χ3n) is 3.60. The molecule has 0 aliphatic rings. The highest BCUT2D eigenvalue weighted by Crippen LogP contribution is 2.24. The summed E-state index contributed by atoms with van der Waals surface area (Å²) in [5, 5.41) is 2.69. The summed E-state index contributed by atoms with van der Waals surface area (Å²) < 4.78 is 23.6. The fraction of sp³-hybridized carbons (Fsp3) is 0.150. The van der Waals surface area contributed by atoms with Crippen molar-refractivity contribution in [2.24, 2.45) is 0 Å². The van der Waals surface area contributed by atoms with Gasteiger partial charge in [-0.3, -0.25) is 4.79 Å². The zero-order valence-electron chi connectivity index (χ0n) is 15.2. The molecule has 27 heavy (non-hydrogen) atoms. The Morgan fingerprint density at radius 1 is 1.26 bits per heavy atom. The number of hydrogen-bond donors (Lipinski definition) is 1. The van der Waals surface area contributed by atoms with E-state index in [9.17, 15) is 9.18 Å². The fourth-order valence-electron chi connectivity index (χ4n) is 2.35. The van der Waals surface area contributed by atoms with Crippen LogP contribution in [0.25, 0.3) is 5.57 Å². The summed E-state index contributed by atoms with van der Waals surface area (Å²) in [4.78, 5) is 20.4. The molecule has 0 bridgehead atoms. The van der Waals surface area contributed by atoms with Gasteiger partial charge in [0.05, 0.1) is 26.3 Å². The van der Waals surface area contributed by atoms with Gasteiger partial charge in [0, 0.05) is 17.2 Å². The van der Waals surface area contributed by atoms with Crippen molar-refractivity contribution in [1.29, 1.82) is 0 Å². The minimum Gasteiger partial charge on any atom is -0.497 e. The molecule has 140 valence electrons. The number of benzene rings is 1. The molecule has 0 saturated heterocycles. The predicted octanol–water partition coefficient (Wildman–Crippen LogP) is 3.69. The topological polar surface area (TPSA) is 73.3 Å². The molecule has 2 rings (SSSR count). The lowest BCUT2D eigenvalue weighted by Gasteiger charge is -2.11.